The summed E-state index contributed by atoms with van der Waals surface area (Å²) in [4.78, 5) is 22.1. The van der Waals surface area contributed by atoms with Gasteiger partial charge >= 0.3 is 0 Å². The number of carbonyl (C=O) groups excluding carboxylic acids is 1. The second-order valence-electron chi connectivity index (χ2n) is 3.67. The maximum Gasteiger partial charge on any atom is 0.246 e. The Kier molecular flexibility index (Phi) is 2.47. The number of anilines is 1. The number of amides is 1. The molecule has 84 valence electrons. The van der Waals surface area contributed by atoms with Gasteiger partial charge in [0, 0.05) is 0 Å². The van der Waals surface area contributed by atoms with Gasteiger partial charge in [-0.05, 0) is 24.5 Å². The number of hydrogen-bond acceptors (Lipinski definition) is 3. The quantitative estimate of drug-likeness (QED) is 0.581. The van der Waals surface area contributed by atoms with E-state index in [1.807, 2.05) is 12.1 Å². The van der Waals surface area contributed by atoms with E-state index in [4.69, 9.17) is 5.73 Å². The minimum Gasteiger partial charge on any atom is -0.368 e. The average molecular weight is 221 g/mol. The van der Waals surface area contributed by atoms with Gasteiger partial charge in [-0.15, -0.1) is 0 Å². The van der Waals surface area contributed by atoms with E-state index in [9.17, 15) is 14.9 Å². The number of para-hydroxylation sites is 1. The summed E-state index contributed by atoms with van der Waals surface area (Å²) in [5.74, 6) is -0.661. The molecule has 6 heteroatoms. The number of hydrazine groups is 1. The minimum absolute atomic E-state index is 0.382. The van der Waals surface area contributed by atoms with Gasteiger partial charge < -0.3 is 5.73 Å². The molecular weight excluding hydrogens is 210 g/mol. The topological polar surface area (TPSA) is 89.5 Å². The molecule has 1 aromatic rings. The molecule has 1 heterocycles. The normalized spacial score (nSPS) is 19.0. The monoisotopic (exact) mass is 221 g/mol. The molecule has 16 heavy (non-hydrogen) atoms. The first-order valence-corrected chi connectivity index (χ1v) is 4.92. The van der Waals surface area contributed by atoms with Crippen LogP contribution in [0.5, 0.6) is 0 Å². The maximum atomic E-state index is 11.2. The maximum absolute atomic E-state index is 11.2. The molecule has 0 spiro atoms. The van der Waals surface area contributed by atoms with Crippen molar-refractivity contribution in [2.75, 3.05) is 5.01 Å². The molecule has 1 amide bonds. The third kappa shape index (κ3) is 1.58. The van der Waals surface area contributed by atoms with Crippen molar-refractivity contribution >= 4 is 11.6 Å². The van der Waals surface area contributed by atoms with Crippen molar-refractivity contribution in [3.8, 4) is 0 Å². The van der Waals surface area contributed by atoms with Gasteiger partial charge in [0.2, 0.25) is 5.91 Å². The number of benzene rings is 1. The summed E-state index contributed by atoms with van der Waals surface area (Å²) in [7, 11) is 0. The molecule has 1 aromatic carbocycles. The molecule has 0 aliphatic carbocycles. The summed E-state index contributed by atoms with van der Waals surface area (Å²) >= 11 is 0. The standard InChI is InChI=1S/C10H11N3O3/c11-10(14)9-6-5-7-3-1-2-4-8(7)12(9)13(15)16/h1-4,9H,5-6H2,(H2,11,14). The Morgan fingerprint density at radius 2 is 2.19 bits per heavy atom. The van der Waals surface area contributed by atoms with Gasteiger partial charge in [-0.3, -0.25) is 4.79 Å². The number of rotatable bonds is 2. The molecule has 0 fully saturated rings. The van der Waals surface area contributed by atoms with Crippen molar-refractivity contribution in [1.82, 2.24) is 0 Å². The van der Waals surface area contributed by atoms with E-state index < -0.39 is 17.0 Å². The highest BCUT2D eigenvalue weighted by atomic mass is 16.7. The molecule has 1 aliphatic heterocycles. The Bertz CT molecular complexity index is 447. The number of hydrogen-bond donors (Lipinski definition) is 1. The first-order valence-electron chi connectivity index (χ1n) is 4.92. The Morgan fingerprint density at radius 3 is 2.81 bits per heavy atom. The summed E-state index contributed by atoms with van der Waals surface area (Å²) < 4.78 is 0. The third-order valence-electron chi connectivity index (χ3n) is 2.73. The van der Waals surface area contributed by atoms with Crippen LogP contribution in [0.15, 0.2) is 24.3 Å². The van der Waals surface area contributed by atoms with E-state index in [0.717, 1.165) is 10.6 Å². The Hall–Kier alpha value is -2.11. The van der Waals surface area contributed by atoms with Gasteiger partial charge in [-0.25, -0.2) is 10.1 Å². The molecule has 2 rings (SSSR count). The predicted octanol–water partition coefficient (Wildman–Crippen LogP) is 0.485. The van der Waals surface area contributed by atoms with Crippen LogP contribution in [0.25, 0.3) is 0 Å². The molecule has 0 saturated heterocycles. The molecule has 2 N–H and O–H groups in total. The fourth-order valence-electron chi connectivity index (χ4n) is 1.99. The van der Waals surface area contributed by atoms with Crippen molar-refractivity contribution in [3.05, 3.63) is 39.9 Å². The van der Waals surface area contributed by atoms with E-state index in [0.29, 0.717) is 18.5 Å². The zero-order valence-corrected chi connectivity index (χ0v) is 8.50. The SMILES string of the molecule is NC(=O)C1CCc2ccccc2N1[N+](=O)[O-]. The Labute approximate surface area is 91.8 Å². The lowest BCUT2D eigenvalue weighted by Crippen LogP contribution is -2.50. The number of nitrogens with zero attached hydrogens (tertiary/aromatic N) is 2. The first-order chi connectivity index (χ1) is 7.61. The van der Waals surface area contributed by atoms with E-state index in [2.05, 4.69) is 0 Å². The van der Waals surface area contributed by atoms with Crippen LogP contribution in [0.4, 0.5) is 5.69 Å². The van der Waals surface area contributed by atoms with Crippen LogP contribution in [0, 0.1) is 10.1 Å². The average Bonchev–Trinajstić information content (AvgIpc) is 2.27. The fraction of sp³-hybridized carbons (Fsp3) is 0.300. The highest BCUT2D eigenvalue weighted by molar-refractivity contribution is 5.84. The van der Waals surface area contributed by atoms with E-state index in [-0.39, 0.29) is 0 Å². The van der Waals surface area contributed by atoms with Gasteiger partial charge in [0.25, 0.3) is 0 Å². The van der Waals surface area contributed by atoms with E-state index in [1.165, 1.54) is 0 Å². The third-order valence-corrected chi connectivity index (χ3v) is 2.73. The summed E-state index contributed by atoms with van der Waals surface area (Å²) in [6.45, 7) is 0. The van der Waals surface area contributed by atoms with Crippen LogP contribution in [0.3, 0.4) is 0 Å². The number of nitrogens with two attached hydrogens (primary N) is 1. The molecule has 0 bridgehead atoms. The lowest BCUT2D eigenvalue weighted by Gasteiger charge is -2.28. The molecule has 0 aromatic heterocycles. The second-order valence-corrected chi connectivity index (χ2v) is 3.67. The second kappa shape index (κ2) is 3.80. The highest BCUT2D eigenvalue weighted by Gasteiger charge is 2.37. The number of primary amides is 1. The van der Waals surface area contributed by atoms with Gasteiger partial charge in [0.05, 0.1) is 0 Å². The molecule has 1 atom stereocenters. The van der Waals surface area contributed by atoms with Crippen LogP contribution in [-0.2, 0) is 11.2 Å². The van der Waals surface area contributed by atoms with Crippen molar-refractivity contribution in [2.45, 2.75) is 18.9 Å². The van der Waals surface area contributed by atoms with Crippen LogP contribution >= 0.6 is 0 Å². The molecule has 0 saturated carbocycles. The lowest BCUT2D eigenvalue weighted by molar-refractivity contribution is -0.499. The number of nitro groups is 1. The van der Waals surface area contributed by atoms with E-state index in [1.54, 1.807) is 12.1 Å². The summed E-state index contributed by atoms with van der Waals surface area (Å²) in [6, 6.07) is 6.13. The van der Waals surface area contributed by atoms with Crippen molar-refractivity contribution in [2.24, 2.45) is 5.73 Å². The smallest absolute Gasteiger partial charge is 0.246 e. The molecule has 1 aliphatic rings. The highest BCUT2D eigenvalue weighted by Crippen LogP contribution is 2.30. The van der Waals surface area contributed by atoms with Gasteiger partial charge in [-0.2, -0.15) is 0 Å². The zero-order chi connectivity index (χ0) is 11.7. The van der Waals surface area contributed by atoms with Crippen molar-refractivity contribution < 1.29 is 9.83 Å². The summed E-state index contributed by atoms with van der Waals surface area (Å²) in [6.07, 6.45) is 1.02. The molecular formula is C10H11N3O3. The summed E-state index contributed by atoms with van der Waals surface area (Å²) in [5.41, 5.74) is 6.50. The zero-order valence-electron chi connectivity index (χ0n) is 8.50. The molecule has 6 nitrogen and oxygen atoms in total. The first kappa shape index (κ1) is 10.4. The Balaban J connectivity index is 2.47. The lowest BCUT2D eigenvalue weighted by atomic mass is 9.97. The molecule has 0 radical (unpaired) electrons. The number of fused-ring (bicyclic) bond motifs is 1. The Morgan fingerprint density at radius 1 is 1.50 bits per heavy atom. The van der Waals surface area contributed by atoms with Gasteiger partial charge in [0.15, 0.2) is 11.1 Å². The largest absolute Gasteiger partial charge is 0.368 e. The minimum atomic E-state index is -0.857. The summed E-state index contributed by atoms with van der Waals surface area (Å²) in [5, 5.41) is 11.2. The predicted molar refractivity (Wildman–Crippen MR) is 57.2 cm³/mol. The van der Waals surface area contributed by atoms with Crippen molar-refractivity contribution in [3.63, 3.8) is 0 Å². The molecule has 1 unspecified atom stereocenters. The van der Waals surface area contributed by atoms with Crippen LogP contribution < -0.4 is 10.7 Å². The van der Waals surface area contributed by atoms with Gasteiger partial charge in [0.1, 0.15) is 5.69 Å². The van der Waals surface area contributed by atoms with Crippen LogP contribution in [-0.4, -0.2) is 17.0 Å². The number of carbonyl (C=O) groups is 1. The van der Waals surface area contributed by atoms with Crippen LogP contribution in [0.1, 0.15) is 12.0 Å². The fourth-order valence-corrected chi connectivity index (χ4v) is 1.99. The van der Waals surface area contributed by atoms with Gasteiger partial charge in [-0.1, -0.05) is 23.2 Å². The van der Waals surface area contributed by atoms with Crippen LogP contribution in [0.2, 0.25) is 0 Å². The van der Waals surface area contributed by atoms with Crippen molar-refractivity contribution in [1.29, 1.82) is 0 Å². The van der Waals surface area contributed by atoms with E-state index >= 15 is 0 Å². The number of aryl methyl sites for hydroxylation is 1.